The van der Waals surface area contributed by atoms with Crippen LogP contribution in [0.4, 0.5) is 0 Å². The maximum Gasteiger partial charge on any atom is 0.184 e. The molecular formula is C14H16Cl2O4. The third-order valence-corrected chi connectivity index (χ3v) is 4.27. The molecule has 2 heterocycles. The number of hydrogen-bond acceptors (Lipinski definition) is 4. The van der Waals surface area contributed by atoms with Gasteiger partial charge in [-0.2, -0.15) is 0 Å². The van der Waals surface area contributed by atoms with Crippen molar-refractivity contribution in [1.82, 2.24) is 0 Å². The summed E-state index contributed by atoms with van der Waals surface area (Å²) in [5, 5.41) is 1.23. The first-order chi connectivity index (χ1) is 9.67. The second-order valence-corrected chi connectivity index (χ2v) is 5.81. The van der Waals surface area contributed by atoms with Crippen molar-refractivity contribution in [2.45, 2.75) is 37.6 Å². The minimum Gasteiger partial charge on any atom is -0.376 e. The van der Waals surface area contributed by atoms with Gasteiger partial charge in [0, 0.05) is 23.6 Å². The number of hydrogen-bond donors (Lipinski definition) is 0. The van der Waals surface area contributed by atoms with Gasteiger partial charge in [0.25, 0.3) is 0 Å². The van der Waals surface area contributed by atoms with Gasteiger partial charge in [-0.15, -0.1) is 0 Å². The molecule has 2 bridgehead atoms. The lowest BCUT2D eigenvalue weighted by molar-refractivity contribution is -0.200. The van der Waals surface area contributed by atoms with Crippen LogP contribution in [0.25, 0.3) is 0 Å². The second kappa shape index (κ2) is 6.18. The van der Waals surface area contributed by atoms with Gasteiger partial charge in [0.2, 0.25) is 0 Å². The molecule has 1 aromatic rings. The van der Waals surface area contributed by atoms with Crippen molar-refractivity contribution in [3.63, 3.8) is 0 Å². The quantitative estimate of drug-likeness (QED) is 0.855. The minimum atomic E-state index is -0.260. The Balaban J connectivity index is 1.63. The first-order valence-electron chi connectivity index (χ1n) is 6.53. The molecule has 0 aliphatic carbocycles. The van der Waals surface area contributed by atoms with Gasteiger partial charge in [-0.1, -0.05) is 29.3 Å². The highest BCUT2D eigenvalue weighted by atomic mass is 35.5. The molecule has 0 N–H and O–H groups in total. The third kappa shape index (κ3) is 2.96. The number of rotatable bonds is 4. The van der Waals surface area contributed by atoms with E-state index >= 15 is 0 Å². The summed E-state index contributed by atoms with van der Waals surface area (Å²) < 4.78 is 22.6. The maximum atomic E-state index is 6.14. The Bertz CT molecular complexity index is 482. The molecule has 2 fully saturated rings. The van der Waals surface area contributed by atoms with Crippen molar-refractivity contribution in [2.24, 2.45) is 0 Å². The van der Waals surface area contributed by atoms with Crippen LogP contribution in [0.5, 0.6) is 0 Å². The highest BCUT2D eigenvalue weighted by Crippen LogP contribution is 2.32. The van der Waals surface area contributed by atoms with E-state index in [4.69, 9.17) is 42.1 Å². The van der Waals surface area contributed by atoms with Crippen molar-refractivity contribution < 1.29 is 18.9 Å². The van der Waals surface area contributed by atoms with Crippen molar-refractivity contribution in [2.75, 3.05) is 13.7 Å². The molecule has 1 aromatic carbocycles. The Morgan fingerprint density at radius 1 is 1.30 bits per heavy atom. The molecule has 2 saturated heterocycles. The molecule has 0 amide bonds. The summed E-state index contributed by atoms with van der Waals surface area (Å²) in [6.45, 7) is 0.963. The fourth-order valence-corrected chi connectivity index (χ4v) is 3.00. The van der Waals surface area contributed by atoms with Gasteiger partial charge < -0.3 is 18.9 Å². The largest absolute Gasteiger partial charge is 0.376 e. The Kier molecular flexibility index (Phi) is 4.50. The smallest absolute Gasteiger partial charge is 0.184 e. The molecule has 2 aliphatic rings. The van der Waals surface area contributed by atoms with Crippen LogP contribution in [0.15, 0.2) is 18.2 Å². The van der Waals surface area contributed by atoms with Crippen LogP contribution in [0.2, 0.25) is 10.0 Å². The lowest BCUT2D eigenvalue weighted by Crippen LogP contribution is -2.44. The van der Waals surface area contributed by atoms with Crippen LogP contribution in [-0.4, -0.2) is 38.3 Å². The summed E-state index contributed by atoms with van der Waals surface area (Å²) >= 11 is 12.0. The van der Waals surface area contributed by atoms with E-state index in [-0.39, 0.29) is 24.6 Å². The van der Waals surface area contributed by atoms with E-state index in [2.05, 4.69) is 0 Å². The minimum absolute atomic E-state index is 0.0301. The molecule has 0 saturated carbocycles. The van der Waals surface area contributed by atoms with Crippen LogP contribution in [0, 0.1) is 0 Å². The molecule has 20 heavy (non-hydrogen) atoms. The highest BCUT2D eigenvalue weighted by molar-refractivity contribution is 6.35. The summed E-state index contributed by atoms with van der Waals surface area (Å²) in [5.74, 6) is 0. The topological polar surface area (TPSA) is 36.9 Å². The van der Waals surface area contributed by atoms with Gasteiger partial charge in [-0.05, 0) is 17.7 Å². The second-order valence-electron chi connectivity index (χ2n) is 4.97. The first-order valence-corrected chi connectivity index (χ1v) is 7.28. The molecule has 0 radical (unpaired) electrons. The Morgan fingerprint density at radius 2 is 2.15 bits per heavy atom. The molecule has 110 valence electrons. The molecule has 4 atom stereocenters. The van der Waals surface area contributed by atoms with E-state index in [0.717, 1.165) is 12.0 Å². The van der Waals surface area contributed by atoms with Crippen LogP contribution in [0.1, 0.15) is 12.0 Å². The number of halogens is 2. The van der Waals surface area contributed by atoms with Crippen LogP contribution >= 0.6 is 23.2 Å². The standard InChI is InChI=1S/C14H16Cl2O4/c1-17-12-5-11(13-7-19-14(12)20-13)18-6-8-2-3-9(15)4-10(8)16/h2-4,11-14H,5-7H2,1H3/t11-,12+,13+,14+/m0/s1. The third-order valence-electron chi connectivity index (χ3n) is 3.69. The Morgan fingerprint density at radius 3 is 2.90 bits per heavy atom. The van der Waals surface area contributed by atoms with E-state index in [1.165, 1.54) is 0 Å². The van der Waals surface area contributed by atoms with Gasteiger partial charge in [-0.3, -0.25) is 0 Å². The van der Waals surface area contributed by atoms with Gasteiger partial charge in [0.15, 0.2) is 6.29 Å². The van der Waals surface area contributed by atoms with E-state index in [1.807, 2.05) is 6.07 Å². The molecule has 0 unspecified atom stereocenters. The SMILES string of the molecule is CO[C@@H]1C[C@H](OCc2ccc(Cl)cc2Cl)[C@H]2CO[C@@H]1O2. The summed E-state index contributed by atoms with van der Waals surface area (Å²) in [6, 6.07) is 5.39. The number of fused-ring (bicyclic) bond motifs is 2. The Hall–Kier alpha value is -0.360. The predicted octanol–water partition coefficient (Wildman–Crippen LogP) is 3.04. The average Bonchev–Trinajstić information content (AvgIpc) is 2.85. The zero-order valence-corrected chi connectivity index (χ0v) is 12.6. The summed E-state index contributed by atoms with van der Waals surface area (Å²) in [6.07, 6.45) is 0.336. The molecule has 0 spiro atoms. The molecule has 4 nitrogen and oxygen atoms in total. The molecule has 3 rings (SSSR count). The Labute approximate surface area is 127 Å². The average molecular weight is 319 g/mol. The van der Waals surface area contributed by atoms with Gasteiger partial charge in [0.05, 0.1) is 19.3 Å². The predicted molar refractivity (Wildman–Crippen MR) is 75.1 cm³/mol. The first kappa shape index (κ1) is 14.6. The molecular weight excluding hydrogens is 303 g/mol. The highest BCUT2D eigenvalue weighted by Gasteiger charge is 2.44. The zero-order valence-electron chi connectivity index (χ0n) is 11.1. The van der Waals surface area contributed by atoms with Crippen LogP contribution in [-0.2, 0) is 25.6 Å². The molecule has 0 aromatic heterocycles. The summed E-state index contributed by atoms with van der Waals surface area (Å²) in [7, 11) is 1.66. The number of ether oxygens (including phenoxy) is 4. The number of benzene rings is 1. The molecule has 6 heteroatoms. The van der Waals surface area contributed by atoms with Crippen LogP contribution in [0.3, 0.4) is 0 Å². The summed E-state index contributed by atoms with van der Waals surface area (Å²) in [4.78, 5) is 0. The van der Waals surface area contributed by atoms with E-state index in [9.17, 15) is 0 Å². The van der Waals surface area contributed by atoms with Crippen molar-refractivity contribution in [3.8, 4) is 0 Å². The van der Waals surface area contributed by atoms with Crippen molar-refractivity contribution >= 4 is 23.2 Å². The monoisotopic (exact) mass is 318 g/mol. The normalized spacial score (nSPS) is 32.5. The van der Waals surface area contributed by atoms with E-state index < -0.39 is 0 Å². The van der Waals surface area contributed by atoms with Crippen molar-refractivity contribution in [1.29, 1.82) is 0 Å². The molecule has 2 aliphatic heterocycles. The fraction of sp³-hybridized carbons (Fsp3) is 0.571. The maximum absolute atomic E-state index is 6.14. The van der Waals surface area contributed by atoms with Gasteiger partial charge in [-0.25, -0.2) is 0 Å². The summed E-state index contributed by atoms with van der Waals surface area (Å²) in [5.41, 5.74) is 0.908. The fourth-order valence-electron chi connectivity index (χ4n) is 2.54. The van der Waals surface area contributed by atoms with Crippen molar-refractivity contribution in [3.05, 3.63) is 33.8 Å². The van der Waals surface area contributed by atoms with E-state index in [1.54, 1.807) is 19.2 Å². The van der Waals surface area contributed by atoms with Gasteiger partial charge >= 0.3 is 0 Å². The van der Waals surface area contributed by atoms with Crippen LogP contribution < -0.4 is 0 Å². The zero-order chi connectivity index (χ0) is 14.1. The lowest BCUT2D eigenvalue weighted by atomic mass is 10.0. The van der Waals surface area contributed by atoms with Gasteiger partial charge in [0.1, 0.15) is 12.2 Å². The lowest BCUT2D eigenvalue weighted by Gasteiger charge is -2.32. The van der Waals surface area contributed by atoms with E-state index in [0.29, 0.717) is 23.3 Å². The number of methoxy groups -OCH3 is 1.